The van der Waals surface area contributed by atoms with Gasteiger partial charge in [0.1, 0.15) is 40.0 Å². The summed E-state index contributed by atoms with van der Waals surface area (Å²) < 4.78 is 7.12. The number of nitrogen functional groups attached to an aromatic ring is 1. The number of aromatic nitrogens is 3. The van der Waals surface area contributed by atoms with E-state index in [-0.39, 0.29) is 45.2 Å². The molecule has 0 amide bonds. The van der Waals surface area contributed by atoms with Crippen molar-refractivity contribution in [1.29, 1.82) is 5.26 Å². The van der Waals surface area contributed by atoms with Gasteiger partial charge in [-0.2, -0.15) is 10.4 Å². The van der Waals surface area contributed by atoms with E-state index >= 15 is 0 Å². The molecule has 0 aliphatic heterocycles. The summed E-state index contributed by atoms with van der Waals surface area (Å²) in [6.45, 7) is 1.75. The summed E-state index contributed by atoms with van der Waals surface area (Å²) in [6.07, 6.45) is 1.66. The summed E-state index contributed by atoms with van der Waals surface area (Å²) in [6, 6.07) is 23.7. The Bertz CT molecular complexity index is 2140. The number of aryl methyl sites for hydroxylation is 1. The van der Waals surface area contributed by atoms with Gasteiger partial charge in [-0.05, 0) is 36.8 Å². The molecule has 11 nitrogen and oxygen atoms in total. The maximum absolute atomic E-state index is 13.1. The molecule has 0 atom stereocenters. The second-order valence-corrected chi connectivity index (χ2v) is 9.47. The van der Waals surface area contributed by atoms with Crippen LogP contribution in [-0.4, -0.2) is 24.8 Å². The van der Waals surface area contributed by atoms with Crippen LogP contribution in [0.5, 0.6) is 5.75 Å². The SMILES string of the molecule is Cc1cccc2c(O)c(-c3cc(-c4cn(-c5ccccc5)nc4-c4cccc([N+](=O)[O-])c4)c(C#N)c(N)n3)c(=O)oc12. The predicted molar refractivity (Wildman–Crippen MR) is 156 cm³/mol. The third-order valence-electron chi connectivity index (χ3n) is 6.87. The molecule has 6 aromatic rings. The summed E-state index contributed by atoms with van der Waals surface area (Å²) in [5.41, 5.74) is 8.01. The first kappa shape index (κ1) is 26.0. The molecular weight excluding hydrogens is 536 g/mol. The molecule has 204 valence electrons. The number of nitro benzene ring substituents is 1. The highest BCUT2D eigenvalue weighted by molar-refractivity contribution is 5.93. The largest absolute Gasteiger partial charge is 0.506 e. The van der Waals surface area contributed by atoms with Crippen molar-refractivity contribution in [3.63, 3.8) is 0 Å². The van der Waals surface area contributed by atoms with Gasteiger partial charge >= 0.3 is 5.63 Å². The number of nitro groups is 1. The number of nitrogens with zero attached hydrogens (tertiary/aromatic N) is 5. The zero-order chi connectivity index (χ0) is 29.5. The molecule has 6 rings (SSSR count). The third kappa shape index (κ3) is 4.29. The molecule has 3 N–H and O–H groups in total. The number of hydrogen-bond donors (Lipinski definition) is 2. The second-order valence-electron chi connectivity index (χ2n) is 9.47. The standard InChI is InChI=1S/C31H20N6O5/c1-17-7-5-12-21-28(38)26(31(39)42-29(17)21)25-14-22(23(15-32)30(33)34-25)24-16-36(19-9-3-2-4-10-19)35-27(24)18-8-6-11-20(13-18)37(40)41/h2-14,16,38H,1H3,(H2,33,34). The lowest BCUT2D eigenvalue weighted by molar-refractivity contribution is -0.384. The Morgan fingerprint density at radius 1 is 1.05 bits per heavy atom. The molecule has 11 heteroatoms. The first-order valence-electron chi connectivity index (χ1n) is 12.6. The number of anilines is 1. The molecule has 0 spiro atoms. The first-order valence-corrected chi connectivity index (χ1v) is 12.6. The lowest BCUT2D eigenvalue weighted by Gasteiger charge is -2.12. The van der Waals surface area contributed by atoms with Crippen LogP contribution in [0.1, 0.15) is 11.1 Å². The highest BCUT2D eigenvalue weighted by Gasteiger charge is 2.25. The Balaban J connectivity index is 1.65. The fourth-order valence-electron chi connectivity index (χ4n) is 4.86. The Labute approximate surface area is 237 Å². The van der Waals surface area contributed by atoms with Crippen molar-refractivity contribution in [1.82, 2.24) is 14.8 Å². The Morgan fingerprint density at radius 3 is 2.55 bits per heavy atom. The number of aromatic hydroxyl groups is 1. The van der Waals surface area contributed by atoms with Crippen molar-refractivity contribution in [2.75, 3.05) is 5.73 Å². The van der Waals surface area contributed by atoms with Gasteiger partial charge in [0.25, 0.3) is 5.69 Å². The lowest BCUT2D eigenvalue weighted by Crippen LogP contribution is -2.08. The minimum Gasteiger partial charge on any atom is -0.506 e. The first-order chi connectivity index (χ1) is 20.3. The van der Waals surface area contributed by atoms with Gasteiger partial charge in [-0.1, -0.05) is 42.5 Å². The van der Waals surface area contributed by atoms with Crippen molar-refractivity contribution in [2.24, 2.45) is 0 Å². The molecule has 0 aliphatic rings. The normalized spacial score (nSPS) is 11.0. The monoisotopic (exact) mass is 556 g/mol. The van der Waals surface area contributed by atoms with E-state index in [0.29, 0.717) is 33.5 Å². The average molecular weight is 557 g/mol. The number of rotatable bonds is 5. The quantitative estimate of drug-likeness (QED) is 0.152. The zero-order valence-corrected chi connectivity index (χ0v) is 22.0. The fraction of sp³-hybridized carbons (Fsp3) is 0.0323. The van der Waals surface area contributed by atoms with E-state index in [1.165, 1.54) is 24.3 Å². The maximum Gasteiger partial charge on any atom is 0.349 e. The van der Waals surface area contributed by atoms with E-state index in [1.807, 2.05) is 30.3 Å². The molecule has 0 bridgehead atoms. The van der Waals surface area contributed by atoms with Gasteiger partial charge in [-0.15, -0.1) is 0 Å². The molecule has 3 aromatic heterocycles. The minimum atomic E-state index is -0.837. The van der Waals surface area contributed by atoms with E-state index < -0.39 is 10.5 Å². The van der Waals surface area contributed by atoms with Crippen LogP contribution < -0.4 is 11.4 Å². The van der Waals surface area contributed by atoms with Gasteiger partial charge in [0.05, 0.1) is 21.7 Å². The molecule has 0 aliphatic carbocycles. The summed E-state index contributed by atoms with van der Waals surface area (Å²) >= 11 is 0. The number of pyridine rings is 1. The van der Waals surface area contributed by atoms with Crippen LogP contribution in [0.15, 0.2) is 94.3 Å². The van der Waals surface area contributed by atoms with E-state index in [0.717, 1.165) is 0 Å². The van der Waals surface area contributed by atoms with Gasteiger partial charge in [0.15, 0.2) is 0 Å². The molecule has 0 saturated heterocycles. The lowest BCUT2D eigenvalue weighted by atomic mass is 9.96. The molecule has 3 heterocycles. The Hall–Kier alpha value is -6.28. The highest BCUT2D eigenvalue weighted by Crippen LogP contribution is 2.40. The van der Waals surface area contributed by atoms with Gasteiger partial charge in [-0.25, -0.2) is 14.5 Å². The van der Waals surface area contributed by atoms with E-state index in [9.17, 15) is 25.3 Å². The van der Waals surface area contributed by atoms with E-state index in [4.69, 9.17) is 15.2 Å². The second kappa shape index (κ2) is 10.0. The van der Waals surface area contributed by atoms with E-state index in [1.54, 1.807) is 42.1 Å². The number of para-hydroxylation sites is 2. The maximum atomic E-state index is 13.1. The van der Waals surface area contributed by atoms with Crippen molar-refractivity contribution < 1.29 is 14.4 Å². The fourth-order valence-corrected chi connectivity index (χ4v) is 4.86. The van der Waals surface area contributed by atoms with Crippen LogP contribution in [0.3, 0.4) is 0 Å². The van der Waals surface area contributed by atoms with Crippen LogP contribution >= 0.6 is 0 Å². The molecule has 0 unspecified atom stereocenters. The van der Waals surface area contributed by atoms with Crippen LogP contribution in [0, 0.1) is 28.4 Å². The molecule has 0 saturated carbocycles. The third-order valence-corrected chi connectivity index (χ3v) is 6.87. The number of non-ortho nitro benzene ring substituents is 1. The molecular formula is C31H20N6O5. The van der Waals surface area contributed by atoms with Crippen molar-refractivity contribution >= 4 is 22.5 Å². The van der Waals surface area contributed by atoms with Gasteiger partial charge in [0, 0.05) is 35.0 Å². The molecule has 3 aromatic carbocycles. The number of nitrogens with two attached hydrogens (primary N) is 1. The van der Waals surface area contributed by atoms with Gasteiger partial charge in [0.2, 0.25) is 0 Å². The van der Waals surface area contributed by atoms with Crippen molar-refractivity contribution in [2.45, 2.75) is 6.92 Å². The average Bonchev–Trinajstić information content (AvgIpc) is 3.44. The van der Waals surface area contributed by atoms with Crippen molar-refractivity contribution in [3.05, 3.63) is 117 Å². The highest BCUT2D eigenvalue weighted by atomic mass is 16.6. The summed E-state index contributed by atoms with van der Waals surface area (Å²) in [7, 11) is 0. The van der Waals surface area contributed by atoms with Crippen LogP contribution in [0.25, 0.3) is 50.3 Å². The van der Waals surface area contributed by atoms with Crippen LogP contribution in [0.2, 0.25) is 0 Å². The van der Waals surface area contributed by atoms with Crippen molar-refractivity contribution in [3.8, 4) is 51.1 Å². The number of hydrogen-bond acceptors (Lipinski definition) is 9. The zero-order valence-electron chi connectivity index (χ0n) is 22.0. The molecule has 0 fully saturated rings. The Morgan fingerprint density at radius 2 is 1.81 bits per heavy atom. The van der Waals surface area contributed by atoms with Gasteiger partial charge < -0.3 is 15.3 Å². The number of fused-ring (bicyclic) bond motifs is 1. The summed E-state index contributed by atoms with van der Waals surface area (Å²) in [4.78, 5) is 28.5. The minimum absolute atomic E-state index is 0.00134. The molecule has 0 radical (unpaired) electrons. The molecule has 42 heavy (non-hydrogen) atoms. The number of benzene rings is 3. The van der Waals surface area contributed by atoms with E-state index in [2.05, 4.69) is 11.1 Å². The topological polar surface area (TPSA) is 174 Å². The van der Waals surface area contributed by atoms with Crippen LogP contribution in [0.4, 0.5) is 11.5 Å². The smallest absolute Gasteiger partial charge is 0.349 e. The predicted octanol–water partition coefficient (Wildman–Crippen LogP) is 5.75. The summed E-state index contributed by atoms with van der Waals surface area (Å²) in [5, 5.41) is 37.8. The van der Waals surface area contributed by atoms with Gasteiger partial charge in [-0.3, -0.25) is 10.1 Å². The summed E-state index contributed by atoms with van der Waals surface area (Å²) in [5.74, 6) is -0.531. The Kier molecular flexibility index (Phi) is 6.21. The number of nitriles is 1. The van der Waals surface area contributed by atoms with Crippen LogP contribution in [-0.2, 0) is 0 Å².